The van der Waals surface area contributed by atoms with E-state index in [4.69, 9.17) is 11.6 Å². The first-order valence-corrected chi connectivity index (χ1v) is 5.54. The number of hydrogen-bond donors (Lipinski definition) is 3. The van der Waals surface area contributed by atoms with Crippen LogP contribution in [0.3, 0.4) is 0 Å². The van der Waals surface area contributed by atoms with Crippen LogP contribution in [0.2, 0.25) is 5.02 Å². The van der Waals surface area contributed by atoms with Crippen LogP contribution in [0.1, 0.15) is 10.5 Å². The molecular weight excluding hydrogens is 254 g/mol. The number of pyridine rings is 1. The standard InChI is InChI=1S/C12H10ClN3O2/c13-8-4-6-9(7-5-8)15-16-12(18)10-2-1-3-11(17)14-10/h1-7,15H,(H,14,17)(H,16,18). The predicted molar refractivity (Wildman–Crippen MR) is 69.6 cm³/mol. The van der Waals surface area contributed by atoms with Crippen molar-refractivity contribution in [1.82, 2.24) is 10.4 Å². The summed E-state index contributed by atoms with van der Waals surface area (Å²) < 4.78 is 0. The third kappa shape index (κ3) is 3.11. The quantitative estimate of drug-likeness (QED) is 0.739. The summed E-state index contributed by atoms with van der Waals surface area (Å²) in [6, 6.07) is 11.2. The Bertz CT molecular complexity index is 607. The molecule has 1 aromatic carbocycles. The topological polar surface area (TPSA) is 74.0 Å². The van der Waals surface area contributed by atoms with Crippen molar-refractivity contribution in [1.29, 1.82) is 0 Å². The van der Waals surface area contributed by atoms with Crippen LogP contribution in [0.25, 0.3) is 0 Å². The Labute approximate surface area is 108 Å². The number of H-pyrrole nitrogens is 1. The summed E-state index contributed by atoms with van der Waals surface area (Å²) in [5.41, 5.74) is 5.71. The molecule has 0 radical (unpaired) electrons. The highest BCUT2D eigenvalue weighted by atomic mass is 35.5. The highest BCUT2D eigenvalue weighted by Gasteiger charge is 2.04. The van der Waals surface area contributed by atoms with Gasteiger partial charge in [-0.3, -0.25) is 20.4 Å². The Morgan fingerprint density at radius 1 is 1.11 bits per heavy atom. The van der Waals surface area contributed by atoms with Gasteiger partial charge in [-0.05, 0) is 30.3 Å². The van der Waals surface area contributed by atoms with Crippen molar-refractivity contribution >= 4 is 23.2 Å². The van der Waals surface area contributed by atoms with Crippen LogP contribution in [0, 0.1) is 0 Å². The van der Waals surface area contributed by atoms with E-state index in [-0.39, 0.29) is 11.3 Å². The van der Waals surface area contributed by atoms with Gasteiger partial charge in [0.2, 0.25) is 5.56 Å². The molecular formula is C12H10ClN3O2. The number of aromatic nitrogens is 1. The van der Waals surface area contributed by atoms with Crippen molar-refractivity contribution in [3.8, 4) is 0 Å². The van der Waals surface area contributed by atoms with E-state index in [2.05, 4.69) is 15.8 Å². The average Bonchev–Trinajstić information content (AvgIpc) is 2.38. The predicted octanol–water partition coefficient (Wildman–Crippen LogP) is 1.79. The van der Waals surface area contributed by atoms with Crippen LogP contribution in [-0.2, 0) is 0 Å². The molecule has 2 aromatic rings. The van der Waals surface area contributed by atoms with Gasteiger partial charge < -0.3 is 4.98 Å². The number of nitrogens with one attached hydrogen (secondary N) is 3. The Hall–Kier alpha value is -2.27. The van der Waals surface area contributed by atoms with E-state index in [9.17, 15) is 9.59 Å². The van der Waals surface area contributed by atoms with Gasteiger partial charge in [0.25, 0.3) is 5.91 Å². The van der Waals surface area contributed by atoms with Gasteiger partial charge in [-0.1, -0.05) is 17.7 Å². The summed E-state index contributed by atoms with van der Waals surface area (Å²) in [5.74, 6) is -0.428. The Morgan fingerprint density at radius 3 is 2.50 bits per heavy atom. The maximum atomic E-state index is 11.7. The maximum Gasteiger partial charge on any atom is 0.286 e. The average molecular weight is 264 g/mol. The minimum Gasteiger partial charge on any atom is -0.318 e. The fourth-order valence-corrected chi connectivity index (χ4v) is 1.44. The molecule has 6 heteroatoms. The fraction of sp³-hybridized carbons (Fsp3) is 0. The van der Waals surface area contributed by atoms with Crippen LogP contribution < -0.4 is 16.4 Å². The zero-order valence-corrected chi connectivity index (χ0v) is 9.99. The molecule has 0 bridgehead atoms. The van der Waals surface area contributed by atoms with Gasteiger partial charge >= 0.3 is 0 Å². The highest BCUT2D eigenvalue weighted by Crippen LogP contribution is 2.12. The lowest BCUT2D eigenvalue weighted by Crippen LogP contribution is -2.31. The molecule has 0 aliphatic carbocycles. The van der Waals surface area contributed by atoms with Gasteiger partial charge in [0.15, 0.2) is 0 Å². The summed E-state index contributed by atoms with van der Waals surface area (Å²) in [4.78, 5) is 25.1. The fourth-order valence-electron chi connectivity index (χ4n) is 1.31. The molecule has 92 valence electrons. The molecule has 5 nitrogen and oxygen atoms in total. The first kappa shape index (κ1) is 12.2. The summed E-state index contributed by atoms with van der Waals surface area (Å²) in [6.45, 7) is 0. The van der Waals surface area contributed by atoms with Gasteiger partial charge in [-0.2, -0.15) is 0 Å². The number of anilines is 1. The third-order valence-electron chi connectivity index (χ3n) is 2.18. The van der Waals surface area contributed by atoms with E-state index in [0.29, 0.717) is 10.7 Å². The second-order valence-corrected chi connectivity index (χ2v) is 3.95. The number of amides is 1. The van der Waals surface area contributed by atoms with Crippen molar-refractivity contribution in [2.45, 2.75) is 0 Å². The van der Waals surface area contributed by atoms with Crippen molar-refractivity contribution < 1.29 is 4.79 Å². The number of hydrogen-bond acceptors (Lipinski definition) is 3. The van der Waals surface area contributed by atoms with E-state index in [1.807, 2.05) is 0 Å². The van der Waals surface area contributed by atoms with E-state index >= 15 is 0 Å². The molecule has 0 fully saturated rings. The summed E-state index contributed by atoms with van der Waals surface area (Å²) in [7, 11) is 0. The zero-order valence-electron chi connectivity index (χ0n) is 9.24. The molecule has 1 heterocycles. The summed E-state index contributed by atoms with van der Waals surface area (Å²) in [6.07, 6.45) is 0. The van der Waals surface area contributed by atoms with Crippen molar-refractivity contribution in [2.75, 3.05) is 5.43 Å². The smallest absolute Gasteiger partial charge is 0.286 e. The minimum absolute atomic E-state index is 0.184. The van der Waals surface area contributed by atoms with Crippen LogP contribution in [0.5, 0.6) is 0 Å². The molecule has 0 atom stereocenters. The second-order valence-electron chi connectivity index (χ2n) is 3.51. The number of hydrazine groups is 1. The molecule has 1 amide bonds. The van der Waals surface area contributed by atoms with E-state index in [0.717, 1.165) is 0 Å². The van der Waals surface area contributed by atoms with Crippen molar-refractivity contribution in [3.05, 3.63) is 63.5 Å². The van der Waals surface area contributed by atoms with Crippen molar-refractivity contribution in [3.63, 3.8) is 0 Å². The van der Waals surface area contributed by atoms with Gasteiger partial charge in [0, 0.05) is 11.1 Å². The third-order valence-corrected chi connectivity index (χ3v) is 2.43. The number of halogens is 1. The van der Waals surface area contributed by atoms with Crippen LogP contribution >= 0.6 is 11.6 Å². The Morgan fingerprint density at radius 2 is 1.83 bits per heavy atom. The Kier molecular flexibility index (Phi) is 3.64. The molecule has 0 aliphatic heterocycles. The maximum absolute atomic E-state index is 11.7. The number of aromatic amines is 1. The lowest BCUT2D eigenvalue weighted by molar-refractivity contribution is 0.0957. The molecule has 0 saturated carbocycles. The van der Waals surface area contributed by atoms with E-state index < -0.39 is 5.91 Å². The highest BCUT2D eigenvalue weighted by molar-refractivity contribution is 6.30. The van der Waals surface area contributed by atoms with Crippen LogP contribution in [-0.4, -0.2) is 10.9 Å². The molecule has 1 aromatic heterocycles. The van der Waals surface area contributed by atoms with Crippen LogP contribution in [0.15, 0.2) is 47.3 Å². The molecule has 0 saturated heterocycles. The van der Waals surface area contributed by atoms with Crippen molar-refractivity contribution in [2.24, 2.45) is 0 Å². The molecule has 0 spiro atoms. The van der Waals surface area contributed by atoms with Gasteiger partial charge in [0.05, 0.1) is 5.69 Å². The lowest BCUT2D eigenvalue weighted by Gasteiger charge is -2.08. The van der Waals surface area contributed by atoms with E-state index in [1.165, 1.54) is 18.2 Å². The number of benzene rings is 1. The minimum atomic E-state index is -0.428. The second kappa shape index (κ2) is 5.37. The monoisotopic (exact) mass is 263 g/mol. The van der Waals surface area contributed by atoms with E-state index in [1.54, 1.807) is 24.3 Å². The zero-order chi connectivity index (χ0) is 13.0. The van der Waals surface area contributed by atoms with Gasteiger partial charge in [-0.25, -0.2) is 0 Å². The molecule has 0 unspecified atom stereocenters. The Balaban J connectivity index is 2.00. The lowest BCUT2D eigenvalue weighted by atomic mass is 10.3. The largest absolute Gasteiger partial charge is 0.318 e. The normalized spacial score (nSPS) is 9.83. The molecule has 2 rings (SSSR count). The number of carbonyl (C=O) groups is 1. The van der Waals surface area contributed by atoms with Gasteiger partial charge in [0.1, 0.15) is 5.69 Å². The number of rotatable bonds is 3. The summed E-state index contributed by atoms with van der Waals surface area (Å²) in [5, 5.41) is 0.610. The summed E-state index contributed by atoms with van der Waals surface area (Å²) >= 11 is 5.73. The van der Waals surface area contributed by atoms with Gasteiger partial charge in [-0.15, -0.1) is 0 Å². The molecule has 3 N–H and O–H groups in total. The molecule has 18 heavy (non-hydrogen) atoms. The van der Waals surface area contributed by atoms with Crippen LogP contribution in [0.4, 0.5) is 5.69 Å². The SMILES string of the molecule is O=C(NNc1ccc(Cl)cc1)c1cccc(=O)[nH]1. The first-order valence-electron chi connectivity index (χ1n) is 5.16. The number of carbonyl (C=O) groups excluding carboxylic acids is 1. The first-order chi connectivity index (χ1) is 8.65. The molecule has 0 aliphatic rings.